The summed E-state index contributed by atoms with van der Waals surface area (Å²) in [4.78, 5) is 6.38. The third-order valence-electron chi connectivity index (χ3n) is 3.19. The zero-order valence-corrected chi connectivity index (χ0v) is 10.4. The molecule has 1 aromatic heterocycles. The predicted octanol–water partition coefficient (Wildman–Crippen LogP) is 0.0521. The minimum atomic E-state index is -0.702. The maximum Gasteiger partial charge on any atom is 0.158 e. The summed E-state index contributed by atoms with van der Waals surface area (Å²) in [6.07, 6.45) is 0.563. The van der Waals surface area contributed by atoms with E-state index in [9.17, 15) is 5.11 Å². The molecule has 2 atom stereocenters. The van der Waals surface area contributed by atoms with E-state index in [-0.39, 0.29) is 6.10 Å². The second-order valence-corrected chi connectivity index (χ2v) is 4.18. The van der Waals surface area contributed by atoms with Crippen molar-refractivity contribution in [2.45, 2.75) is 32.6 Å². The van der Waals surface area contributed by atoms with E-state index in [0.717, 1.165) is 19.6 Å². The summed E-state index contributed by atoms with van der Waals surface area (Å²) in [7, 11) is 0. The van der Waals surface area contributed by atoms with Crippen LogP contribution >= 0.6 is 0 Å². The van der Waals surface area contributed by atoms with Gasteiger partial charge in [0.15, 0.2) is 5.82 Å². The molecule has 1 saturated heterocycles. The first-order valence-electron chi connectivity index (χ1n) is 6.16. The van der Waals surface area contributed by atoms with Gasteiger partial charge in [0.1, 0.15) is 18.5 Å². The largest absolute Gasteiger partial charge is 0.382 e. The highest BCUT2D eigenvalue weighted by molar-refractivity contribution is 4.95. The minimum absolute atomic E-state index is 0.210. The summed E-state index contributed by atoms with van der Waals surface area (Å²) in [6.45, 7) is 8.11. The Balaban J connectivity index is 2.06. The number of nitrogens with zero attached hydrogens (tertiary/aromatic N) is 4. The molecule has 1 N–H and O–H groups in total. The van der Waals surface area contributed by atoms with E-state index in [1.54, 1.807) is 4.68 Å². The molecular formula is C11H20N4O2. The molecule has 0 aliphatic carbocycles. The molecule has 2 heterocycles. The van der Waals surface area contributed by atoms with Crippen molar-refractivity contribution in [1.29, 1.82) is 0 Å². The van der Waals surface area contributed by atoms with Crippen molar-refractivity contribution < 1.29 is 9.84 Å². The highest BCUT2D eigenvalue weighted by atomic mass is 16.5. The van der Waals surface area contributed by atoms with Crippen LogP contribution in [0.1, 0.15) is 25.8 Å². The van der Waals surface area contributed by atoms with Crippen LogP contribution in [0.5, 0.6) is 0 Å². The summed E-state index contributed by atoms with van der Waals surface area (Å²) in [5.41, 5.74) is 0. The number of morpholine rings is 1. The van der Waals surface area contributed by atoms with Crippen molar-refractivity contribution in [3.05, 3.63) is 12.2 Å². The van der Waals surface area contributed by atoms with Gasteiger partial charge in [-0.15, -0.1) is 0 Å². The maximum atomic E-state index is 10.3. The number of hydrogen-bond donors (Lipinski definition) is 1. The van der Waals surface area contributed by atoms with Crippen LogP contribution in [-0.4, -0.2) is 57.1 Å². The summed E-state index contributed by atoms with van der Waals surface area (Å²) in [6, 6.07) is 0. The lowest BCUT2D eigenvalue weighted by Gasteiger charge is -2.34. The van der Waals surface area contributed by atoms with Crippen LogP contribution in [0.3, 0.4) is 0 Å². The molecule has 1 aliphatic rings. The van der Waals surface area contributed by atoms with Crippen LogP contribution < -0.4 is 0 Å². The number of hydrogen-bond acceptors (Lipinski definition) is 5. The van der Waals surface area contributed by atoms with Gasteiger partial charge in [0, 0.05) is 19.6 Å². The highest BCUT2D eigenvalue weighted by Gasteiger charge is 2.30. The van der Waals surface area contributed by atoms with Gasteiger partial charge in [0.2, 0.25) is 0 Å². The van der Waals surface area contributed by atoms with E-state index >= 15 is 0 Å². The van der Waals surface area contributed by atoms with Crippen molar-refractivity contribution in [2.75, 3.05) is 26.2 Å². The quantitative estimate of drug-likeness (QED) is 0.806. The van der Waals surface area contributed by atoms with E-state index in [4.69, 9.17) is 4.74 Å². The van der Waals surface area contributed by atoms with Gasteiger partial charge in [0.25, 0.3) is 0 Å². The molecule has 17 heavy (non-hydrogen) atoms. The number of likely N-dealkylation sites (N-methyl/N-ethyl adjacent to an activating group) is 1. The zero-order valence-electron chi connectivity index (χ0n) is 10.4. The molecule has 6 heteroatoms. The average Bonchev–Trinajstić information content (AvgIpc) is 2.86. The van der Waals surface area contributed by atoms with Crippen molar-refractivity contribution in [1.82, 2.24) is 19.7 Å². The Morgan fingerprint density at radius 1 is 1.53 bits per heavy atom. The van der Waals surface area contributed by atoms with Crippen LogP contribution in [0.15, 0.2) is 6.33 Å². The van der Waals surface area contributed by atoms with Gasteiger partial charge < -0.3 is 9.84 Å². The lowest BCUT2D eigenvalue weighted by atomic mass is 10.1. The van der Waals surface area contributed by atoms with Gasteiger partial charge in [0.05, 0.1) is 6.61 Å². The molecule has 2 rings (SSSR count). The Morgan fingerprint density at radius 3 is 3.06 bits per heavy atom. The monoisotopic (exact) mass is 240 g/mol. The van der Waals surface area contributed by atoms with Crippen molar-refractivity contribution in [3.8, 4) is 0 Å². The molecule has 0 aromatic carbocycles. The Labute approximate surface area is 101 Å². The van der Waals surface area contributed by atoms with Gasteiger partial charge in [-0.25, -0.2) is 9.67 Å². The van der Waals surface area contributed by atoms with E-state index in [1.807, 2.05) is 6.92 Å². The van der Waals surface area contributed by atoms with Crippen LogP contribution in [0.4, 0.5) is 0 Å². The molecule has 0 saturated carbocycles. The van der Waals surface area contributed by atoms with E-state index in [0.29, 0.717) is 19.0 Å². The SMILES string of the molecule is CCN1CCOC(C(O)c2ncnn2CC)C1. The second-order valence-electron chi connectivity index (χ2n) is 4.18. The standard InChI is InChI=1S/C11H20N4O2/c1-3-14-5-6-17-9(7-14)10(16)11-12-8-13-15(11)4-2/h8-10,16H,3-7H2,1-2H3. The number of ether oxygens (including phenoxy) is 1. The van der Waals surface area contributed by atoms with Gasteiger partial charge in [-0.3, -0.25) is 4.90 Å². The van der Waals surface area contributed by atoms with Gasteiger partial charge in [-0.1, -0.05) is 6.92 Å². The molecule has 0 spiro atoms. The Bertz CT molecular complexity index is 355. The first-order valence-corrected chi connectivity index (χ1v) is 6.16. The molecule has 6 nitrogen and oxygen atoms in total. The molecular weight excluding hydrogens is 220 g/mol. The van der Waals surface area contributed by atoms with Gasteiger partial charge >= 0.3 is 0 Å². The fourth-order valence-corrected chi connectivity index (χ4v) is 2.12. The fourth-order valence-electron chi connectivity index (χ4n) is 2.12. The fraction of sp³-hybridized carbons (Fsp3) is 0.818. The lowest BCUT2D eigenvalue weighted by molar-refractivity contribution is -0.0924. The van der Waals surface area contributed by atoms with Crippen LogP contribution in [0.2, 0.25) is 0 Å². The van der Waals surface area contributed by atoms with Crippen molar-refractivity contribution in [2.24, 2.45) is 0 Å². The number of rotatable bonds is 4. The van der Waals surface area contributed by atoms with Crippen LogP contribution in [0.25, 0.3) is 0 Å². The zero-order chi connectivity index (χ0) is 12.3. The molecule has 0 bridgehead atoms. The third-order valence-corrected chi connectivity index (χ3v) is 3.19. The molecule has 1 aromatic rings. The predicted molar refractivity (Wildman–Crippen MR) is 62.5 cm³/mol. The number of aryl methyl sites for hydroxylation is 1. The molecule has 1 aliphatic heterocycles. The number of aliphatic hydroxyl groups excluding tert-OH is 1. The van der Waals surface area contributed by atoms with Gasteiger partial charge in [-0.2, -0.15) is 5.10 Å². The Hall–Kier alpha value is -0.980. The smallest absolute Gasteiger partial charge is 0.158 e. The topological polar surface area (TPSA) is 63.4 Å². The number of aliphatic hydroxyl groups is 1. The van der Waals surface area contributed by atoms with Crippen LogP contribution in [-0.2, 0) is 11.3 Å². The minimum Gasteiger partial charge on any atom is -0.382 e. The maximum absolute atomic E-state index is 10.3. The lowest BCUT2D eigenvalue weighted by Crippen LogP contribution is -2.45. The summed E-state index contributed by atoms with van der Waals surface area (Å²) in [5.74, 6) is 0.593. The van der Waals surface area contributed by atoms with E-state index in [2.05, 4.69) is 21.9 Å². The Morgan fingerprint density at radius 2 is 2.35 bits per heavy atom. The van der Waals surface area contributed by atoms with E-state index in [1.165, 1.54) is 6.33 Å². The summed E-state index contributed by atoms with van der Waals surface area (Å²) in [5, 5.41) is 14.4. The van der Waals surface area contributed by atoms with Crippen molar-refractivity contribution >= 4 is 0 Å². The average molecular weight is 240 g/mol. The van der Waals surface area contributed by atoms with Crippen LogP contribution in [0, 0.1) is 0 Å². The van der Waals surface area contributed by atoms with E-state index < -0.39 is 6.10 Å². The summed E-state index contributed by atoms with van der Waals surface area (Å²) < 4.78 is 7.33. The first-order chi connectivity index (χ1) is 8.26. The second kappa shape index (κ2) is 5.57. The first kappa shape index (κ1) is 12.5. The summed E-state index contributed by atoms with van der Waals surface area (Å²) >= 11 is 0. The molecule has 0 amide bonds. The molecule has 96 valence electrons. The molecule has 0 radical (unpaired) electrons. The Kier molecular flexibility index (Phi) is 4.09. The normalized spacial score (nSPS) is 23.8. The third kappa shape index (κ3) is 2.65. The highest BCUT2D eigenvalue weighted by Crippen LogP contribution is 2.20. The van der Waals surface area contributed by atoms with Gasteiger partial charge in [-0.05, 0) is 13.5 Å². The molecule has 1 fully saturated rings. The molecule has 2 unspecified atom stereocenters. The van der Waals surface area contributed by atoms with Crippen molar-refractivity contribution in [3.63, 3.8) is 0 Å². The number of aromatic nitrogens is 3.